The third-order valence-corrected chi connectivity index (χ3v) is 9.02. The molecule has 3 aromatic carbocycles. The topological polar surface area (TPSA) is 90.0 Å². The second-order valence-electron chi connectivity index (χ2n) is 10.6. The van der Waals surface area contributed by atoms with Crippen LogP contribution in [0.4, 0.5) is 4.39 Å². The normalized spacial score (nSPS) is 17.4. The zero-order chi connectivity index (χ0) is 29.6. The van der Waals surface area contributed by atoms with E-state index in [9.17, 15) is 22.4 Å². The number of aryl methyl sites for hydroxylation is 1. The van der Waals surface area contributed by atoms with Crippen molar-refractivity contribution >= 4 is 22.0 Å². The second-order valence-corrected chi connectivity index (χ2v) is 12.5. The van der Waals surface area contributed by atoms with Crippen molar-refractivity contribution in [2.45, 2.75) is 37.3 Å². The van der Waals surface area contributed by atoms with Gasteiger partial charge in [-0.15, -0.1) is 0 Å². The maximum Gasteiger partial charge on any atom is 0.303 e. The Kier molecular flexibility index (Phi) is 9.90. The highest BCUT2D eigenvalue weighted by molar-refractivity contribution is 7.87. The highest BCUT2D eigenvalue weighted by Crippen LogP contribution is 2.32. The van der Waals surface area contributed by atoms with Gasteiger partial charge in [-0.05, 0) is 61.7 Å². The van der Waals surface area contributed by atoms with Crippen molar-refractivity contribution < 1.29 is 22.4 Å². The summed E-state index contributed by atoms with van der Waals surface area (Å²) in [7, 11) is 0.585. The Hall–Kier alpha value is -3.60. The molecule has 1 saturated heterocycles. The number of benzene rings is 3. The SMILES string of the molecule is CN(CCCc1ccc(F)cc1)[C@H]1CC(C(=O)NS(=O)(=O)N(C)C)N(C(=O)C(c2ccccc2)c2ccccc2)C1. The fourth-order valence-electron chi connectivity index (χ4n) is 5.21. The van der Waals surface area contributed by atoms with Crippen molar-refractivity contribution in [3.8, 4) is 0 Å². The van der Waals surface area contributed by atoms with Crippen LogP contribution in [-0.4, -0.2) is 80.7 Å². The fourth-order valence-corrected chi connectivity index (χ4v) is 5.79. The van der Waals surface area contributed by atoms with E-state index in [0.717, 1.165) is 33.8 Å². The van der Waals surface area contributed by atoms with Crippen molar-refractivity contribution in [1.82, 2.24) is 18.8 Å². The summed E-state index contributed by atoms with van der Waals surface area (Å²) < 4.78 is 41.4. The number of carbonyl (C=O) groups is 2. The molecule has 218 valence electrons. The average molecular weight is 581 g/mol. The molecule has 0 aromatic heterocycles. The molecule has 41 heavy (non-hydrogen) atoms. The van der Waals surface area contributed by atoms with E-state index in [4.69, 9.17) is 0 Å². The van der Waals surface area contributed by atoms with Crippen molar-refractivity contribution in [2.75, 3.05) is 34.2 Å². The summed E-state index contributed by atoms with van der Waals surface area (Å²) in [5.74, 6) is -1.91. The standard InChI is InChI=1S/C31H37FN4O4S/c1-34(2)41(39,40)33-30(37)28-21-27(35(3)20-10-11-23-16-18-26(32)19-17-23)22-36(28)31(38)29(24-12-6-4-7-13-24)25-14-8-5-9-15-25/h4-9,12-19,27-29H,10-11,20-22H2,1-3H3,(H,33,37)/t27-,28?/m0/s1. The van der Waals surface area contributed by atoms with Crippen LogP contribution in [0.1, 0.15) is 35.4 Å². The number of likely N-dealkylation sites (N-methyl/N-ethyl adjacent to an activating group) is 1. The van der Waals surface area contributed by atoms with Crippen LogP contribution in [-0.2, 0) is 26.2 Å². The van der Waals surface area contributed by atoms with Gasteiger partial charge in [-0.25, -0.2) is 9.11 Å². The lowest BCUT2D eigenvalue weighted by molar-refractivity contribution is -0.138. The molecule has 4 rings (SSSR count). The Bertz CT molecular complexity index is 1380. The molecule has 0 radical (unpaired) electrons. The van der Waals surface area contributed by atoms with E-state index >= 15 is 0 Å². The number of rotatable bonds is 11. The summed E-state index contributed by atoms with van der Waals surface area (Å²) in [4.78, 5) is 31.3. The van der Waals surface area contributed by atoms with E-state index < -0.39 is 28.1 Å². The maximum atomic E-state index is 14.3. The van der Waals surface area contributed by atoms with Crippen LogP contribution in [0.15, 0.2) is 84.9 Å². The Balaban J connectivity index is 1.57. The number of amides is 2. The van der Waals surface area contributed by atoms with E-state index in [1.807, 2.05) is 67.7 Å². The first-order valence-corrected chi connectivity index (χ1v) is 15.1. The third-order valence-electron chi connectivity index (χ3n) is 7.60. The number of likely N-dealkylation sites (tertiary alicyclic amines) is 1. The van der Waals surface area contributed by atoms with Gasteiger partial charge in [0.25, 0.3) is 5.91 Å². The molecule has 1 fully saturated rings. The highest BCUT2D eigenvalue weighted by Gasteiger charge is 2.44. The number of carbonyl (C=O) groups excluding carboxylic acids is 2. The monoisotopic (exact) mass is 580 g/mol. The summed E-state index contributed by atoms with van der Waals surface area (Å²) in [6.07, 6.45) is 1.86. The molecule has 0 bridgehead atoms. The number of hydrogen-bond acceptors (Lipinski definition) is 5. The van der Waals surface area contributed by atoms with Gasteiger partial charge in [0, 0.05) is 26.7 Å². The van der Waals surface area contributed by atoms with Gasteiger partial charge in [0.1, 0.15) is 11.9 Å². The maximum absolute atomic E-state index is 14.3. The van der Waals surface area contributed by atoms with Crippen LogP contribution in [0.5, 0.6) is 0 Å². The Labute approximate surface area is 241 Å². The van der Waals surface area contributed by atoms with Crippen molar-refractivity contribution in [3.63, 3.8) is 0 Å². The number of nitrogens with zero attached hydrogens (tertiary/aromatic N) is 3. The van der Waals surface area contributed by atoms with Crippen LogP contribution in [0.3, 0.4) is 0 Å². The van der Waals surface area contributed by atoms with Gasteiger partial charge in [0.15, 0.2) is 0 Å². The molecule has 1 unspecified atom stereocenters. The molecule has 2 amide bonds. The lowest BCUT2D eigenvalue weighted by atomic mass is 9.90. The first-order chi connectivity index (χ1) is 19.6. The Morgan fingerprint density at radius 2 is 1.49 bits per heavy atom. The molecule has 0 saturated carbocycles. The van der Waals surface area contributed by atoms with E-state index in [0.29, 0.717) is 13.0 Å². The molecule has 0 spiro atoms. The predicted octanol–water partition coefficient (Wildman–Crippen LogP) is 3.41. The highest BCUT2D eigenvalue weighted by atomic mass is 32.2. The summed E-state index contributed by atoms with van der Waals surface area (Å²) in [5, 5.41) is 0. The van der Waals surface area contributed by atoms with Crippen LogP contribution in [0.25, 0.3) is 0 Å². The van der Waals surface area contributed by atoms with Crippen LogP contribution >= 0.6 is 0 Å². The van der Waals surface area contributed by atoms with Crippen LogP contribution in [0.2, 0.25) is 0 Å². The molecule has 1 aliphatic rings. The quantitative estimate of drug-likeness (QED) is 0.376. The summed E-state index contributed by atoms with van der Waals surface area (Å²) in [6.45, 7) is 0.970. The molecule has 1 aliphatic heterocycles. The lowest BCUT2D eigenvalue weighted by Gasteiger charge is -2.29. The van der Waals surface area contributed by atoms with E-state index in [-0.39, 0.29) is 24.3 Å². The van der Waals surface area contributed by atoms with Crippen molar-refractivity contribution in [2.24, 2.45) is 0 Å². The Morgan fingerprint density at radius 1 is 0.927 bits per heavy atom. The fraction of sp³-hybridized carbons (Fsp3) is 0.355. The Morgan fingerprint density at radius 3 is 2.02 bits per heavy atom. The largest absolute Gasteiger partial charge is 0.328 e. The first-order valence-electron chi connectivity index (χ1n) is 13.7. The van der Waals surface area contributed by atoms with E-state index in [1.54, 1.807) is 12.1 Å². The summed E-state index contributed by atoms with van der Waals surface area (Å²) >= 11 is 0. The summed E-state index contributed by atoms with van der Waals surface area (Å²) in [6, 6.07) is 24.1. The third kappa shape index (κ3) is 7.58. The van der Waals surface area contributed by atoms with Crippen molar-refractivity contribution in [1.29, 1.82) is 0 Å². The van der Waals surface area contributed by atoms with Gasteiger partial charge >= 0.3 is 10.2 Å². The second kappa shape index (κ2) is 13.4. The zero-order valence-electron chi connectivity index (χ0n) is 23.6. The molecular weight excluding hydrogens is 543 g/mol. The van der Waals surface area contributed by atoms with Crippen LogP contribution < -0.4 is 4.72 Å². The minimum absolute atomic E-state index is 0.155. The van der Waals surface area contributed by atoms with E-state index in [1.165, 1.54) is 31.1 Å². The summed E-state index contributed by atoms with van der Waals surface area (Å²) in [5.41, 5.74) is 2.61. The number of hydrogen-bond donors (Lipinski definition) is 1. The smallest absolute Gasteiger partial charge is 0.303 e. The van der Waals surface area contributed by atoms with Crippen LogP contribution in [0, 0.1) is 5.82 Å². The molecule has 3 aromatic rings. The van der Waals surface area contributed by atoms with Gasteiger partial charge in [-0.2, -0.15) is 12.7 Å². The van der Waals surface area contributed by atoms with Gasteiger partial charge in [-0.1, -0.05) is 72.8 Å². The van der Waals surface area contributed by atoms with Gasteiger partial charge in [0.05, 0.1) is 5.92 Å². The molecule has 0 aliphatic carbocycles. The van der Waals surface area contributed by atoms with E-state index in [2.05, 4.69) is 9.62 Å². The molecule has 1 N–H and O–H groups in total. The lowest BCUT2D eigenvalue weighted by Crippen LogP contribution is -2.51. The first kappa shape index (κ1) is 30.4. The number of halogens is 1. The van der Waals surface area contributed by atoms with Crippen molar-refractivity contribution in [3.05, 3.63) is 107 Å². The zero-order valence-corrected chi connectivity index (χ0v) is 24.4. The minimum Gasteiger partial charge on any atom is -0.328 e. The molecule has 2 atom stereocenters. The molecular formula is C31H37FN4O4S. The average Bonchev–Trinajstić information content (AvgIpc) is 3.41. The molecule has 8 nitrogen and oxygen atoms in total. The minimum atomic E-state index is -4.04. The predicted molar refractivity (Wildman–Crippen MR) is 157 cm³/mol. The number of nitrogens with one attached hydrogen (secondary N) is 1. The molecule has 10 heteroatoms. The molecule has 1 heterocycles. The van der Waals surface area contributed by atoms with Gasteiger partial charge in [-0.3, -0.25) is 9.59 Å². The van der Waals surface area contributed by atoms with Gasteiger partial charge < -0.3 is 9.80 Å². The van der Waals surface area contributed by atoms with Gasteiger partial charge in [0.2, 0.25) is 5.91 Å².